The second-order valence-corrected chi connectivity index (χ2v) is 10.6. The lowest BCUT2D eigenvalue weighted by Gasteiger charge is -2.29. The zero-order chi connectivity index (χ0) is 19.4. The number of ether oxygens (including phenoxy) is 1. The molecule has 0 fully saturated rings. The van der Waals surface area contributed by atoms with Crippen molar-refractivity contribution in [2.75, 3.05) is 13.0 Å². The van der Waals surface area contributed by atoms with Gasteiger partial charge in [-0.2, -0.15) is 0 Å². The van der Waals surface area contributed by atoms with Gasteiger partial charge in [0.15, 0.2) is 9.84 Å². The van der Waals surface area contributed by atoms with E-state index in [1.165, 1.54) is 11.8 Å². The van der Waals surface area contributed by atoms with Crippen molar-refractivity contribution in [1.29, 1.82) is 0 Å². The molecule has 2 atom stereocenters. The summed E-state index contributed by atoms with van der Waals surface area (Å²) in [6.07, 6.45) is -0.941. The highest BCUT2D eigenvalue weighted by atomic mass is 79.9. The first-order valence-electron chi connectivity index (χ1n) is 7.85. The third kappa shape index (κ3) is 5.97. The number of methoxy groups -OCH3 is 1. The van der Waals surface area contributed by atoms with Crippen molar-refractivity contribution in [2.45, 2.75) is 49.9 Å². The number of rotatable bonds is 7. The van der Waals surface area contributed by atoms with E-state index in [1.807, 2.05) is 0 Å². The van der Waals surface area contributed by atoms with Crippen LogP contribution in [0.25, 0.3) is 0 Å². The monoisotopic (exact) mass is 435 g/mol. The van der Waals surface area contributed by atoms with E-state index in [9.17, 15) is 18.3 Å². The first-order chi connectivity index (χ1) is 11.4. The van der Waals surface area contributed by atoms with E-state index in [0.29, 0.717) is 5.75 Å². The number of hydrogen-bond acceptors (Lipinski definition) is 5. The number of hydrogen-bond donors (Lipinski definition) is 1. The van der Waals surface area contributed by atoms with E-state index in [4.69, 9.17) is 4.74 Å². The molecule has 1 aromatic carbocycles. The molecule has 0 aliphatic carbocycles. The molecule has 1 amide bonds. The van der Waals surface area contributed by atoms with Crippen LogP contribution in [0, 0.1) is 0 Å². The number of alkyl halides is 1. The molecule has 0 radical (unpaired) electrons. The Labute approximate surface area is 158 Å². The smallest absolute Gasteiger partial charge is 0.240 e. The largest absolute Gasteiger partial charge is 0.497 e. The number of benzene rings is 1. The Kier molecular flexibility index (Phi) is 7.46. The molecule has 0 heterocycles. The van der Waals surface area contributed by atoms with E-state index in [2.05, 4.69) is 15.9 Å². The molecule has 142 valence electrons. The van der Waals surface area contributed by atoms with Gasteiger partial charge in [0.2, 0.25) is 5.91 Å². The molecular weight excluding hydrogens is 410 g/mol. The van der Waals surface area contributed by atoms with E-state index >= 15 is 0 Å². The highest BCUT2D eigenvalue weighted by Crippen LogP contribution is 2.21. The Hall–Kier alpha value is -1.12. The molecule has 0 unspecified atom stereocenters. The number of sulfone groups is 1. The van der Waals surface area contributed by atoms with Gasteiger partial charge in [0.05, 0.1) is 18.0 Å². The highest BCUT2D eigenvalue weighted by molar-refractivity contribution is 9.10. The number of amides is 1. The molecule has 0 spiro atoms. The zero-order valence-corrected chi connectivity index (χ0v) is 17.6. The van der Waals surface area contributed by atoms with Gasteiger partial charge in [0.25, 0.3) is 0 Å². The molecule has 0 aliphatic heterocycles. The van der Waals surface area contributed by atoms with Gasteiger partial charge in [0, 0.05) is 6.54 Å². The van der Waals surface area contributed by atoms with Crippen LogP contribution in [0.4, 0.5) is 0 Å². The minimum atomic E-state index is -3.56. The second kappa shape index (κ2) is 8.51. The van der Waals surface area contributed by atoms with Gasteiger partial charge in [-0.05, 0) is 45.4 Å². The van der Waals surface area contributed by atoms with E-state index < -0.39 is 37.3 Å². The minimum Gasteiger partial charge on any atom is -0.497 e. The summed E-state index contributed by atoms with van der Waals surface area (Å²) in [6.45, 7) is 6.38. The number of carbonyl (C=O) groups excluding carboxylic acids is 1. The van der Waals surface area contributed by atoms with Gasteiger partial charge < -0.3 is 14.7 Å². The molecule has 1 aromatic rings. The maximum Gasteiger partial charge on any atom is 0.240 e. The standard InChI is InChI=1S/C17H26BrNO5S/c1-12(20)15(18)16(21)19(11-25(22,23)17(2,3)4)10-13-6-8-14(24-5)9-7-13/h6-9,12,15,20H,10-11H2,1-5H3/t12-,15+/m1/s1. The van der Waals surface area contributed by atoms with Gasteiger partial charge in [-0.1, -0.05) is 28.1 Å². The summed E-state index contributed by atoms with van der Waals surface area (Å²) in [5, 5.41) is 9.67. The normalized spacial score (nSPS) is 14.7. The Bertz CT molecular complexity index is 680. The summed E-state index contributed by atoms with van der Waals surface area (Å²) in [7, 11) is -2.00. The molecule has 0 aromatic heterocycles. The maximum absolute atomic E-state index is 12.6. The summed E-state index contributed by atoms with van der Waals surface area (Å²) >= 11 is 3.15. The lowest BCUT2D eigenvalue weighted by Crippen LogP contribution is -2.46. The van der Waals surface area contributed by atoms with Crippen LogP contribution in [0.1, 0.15) is 33.3 Å². The van der Waals surface area contributed by atoms with Crippen LogP contribution in [0.3, 0.4) is 0 Å². The molecule has 0 bridgehead atoms. The topological polar surface area (TPSA) is 83.9 Å². The Balaban J connectivity index is 3.12. The van der Waals surface area contributed by atoms with Gasteiger partial charge >= 0.3 is 0 Å². The van der Waals surface area contributed by atoms with Crippen molar-refractivity contribution in [3.63, 3.8) is 0 Å². The number of aliphatic hydroxyl groups is 1. The van der Waals surface area contributed by atoms with Crippen molar-refractivity contribution in [1.82, 2.24) is 4.90 Å². The lowest BCUT2D eigenvalue weighted by atomic mass is 10.2. The van der Waals surface area contributed by atoms with Crippen LogP contribution in [0.2, 0.25) is 0 Å². The quantitative estimate of drug-likeness (QED) is 0.664. The third-order valence-corrected chi connectivity index (χ3v) is 7.44. The summed E-state index contributed by atoms with van der Waals surface area (Å²) in [5.41, 5.74) is 0.767. The maximum atomic E-state index is 12.6. The second-order valence-electron chi connectivity index (χ2n) is 6.88. The zero-order valence-electron chi connectivity index (χ0n) is 15.2. The fraction of sp³-hybridized carbons (Fsp3) is 0.588. The molecule has 1 rings (SSSR count). The third-order valence-electron chi connectivity index (χ3n) is 3.76. The van der Waals surface area contributed by atoms with Gasteiger partial charge in [-0.25, -0.2) is 8.42 Å². The average Bonchev–Trinajstić information content (AvgIpc) is 2.52. The fourth-order valence-corrected chi connectivity index (χ4v) is 3.22. The summed E-state index contributed by atoms with van der Waals surface area (Å²) in [5.74, 6) is -0.221. The Morgan fingerprint density at radius 1 is 1.28 bits per heavy atom. The SMILES string of the molecule is COc1ccc(CN(CS(=O)(=O)C(C)(C)C)C(=O)[C@@H](Br)[C@@H](C)O)cc1. The van der Waals surface area contributed by atoms with Gasteiger partial charge in [-0.3, -0.25) is 4.79 Å². The lowest BCUT2D eigenvalue weighted by molar-refractivity contribution is -0.131. The van der Waals surface area contributed by atoms with Crippen molar-refractivity contribution in [3.05, 3.63) is 29.8 Å². The van der Waals surface area contributed by atoms with Crippen LogP contribution in [-0.4, -0.2) is 53.0 Å². The molecule has 25 heavy (non-hydrogen) atoms. The van der Waals surface area contributed by atoms with Crippen molar-refractivity contribution in [3.8, 4) is 5.75 Å². The first-order valence-corrected chi connectivity index (χ1v) is 10.4. The van der Waals surface area contributed by atoms with Crippen molar-refractivity contribution in [2.24, 2.45) is 0 Å². The molecular formula is C17H26BrNO5S. The van der Waals surface area contributed by atoms with Crippen LogP contribution in [0.15, 0.2) is 24.3 Å². The molecule has 0 saturated carbocycles. The molecule has 1 N–H and O–H groups in total. The van der Waals surface area contributed by atoms with Crippen molar-refractivity contribution < 1.29 is 23.1 Å². The number of halogens is 1. The summed E-state index contributed by atoms with van der Waals surface area (Å²) in [6, 6.07) is 7.04. The van der Waals surface area contributed by atoms with E-state index in [0.717, 1.165) is 5.56 Å². The summed E-state index contributed by atoms with van der Waals surface area (Å²) < 4.78 is 29.2. The molecule has 0 aliphatic rings. The minimum absolute atomic E-state index is 0.118. The highest BCUT2D eigenvalue weighted by Gasteiger charge is 2.35. The Morgan fingerprint density at radius 2 is 1.80 bits per heavy atom. The van der Waals surface area contributed by atoms with Crippen LogP contribution in [0.5, 0.6) is 5.75 Å². The Morgan fingerprint density at radius 3 is 2.20 bits per heavy atom. The van der Waals surface area contributed by atoms with E-state index in [1.54, 1.807) is 52.1 Å². The summed E-state index contributed by atoms with van der Waals surface area (Å²) in [4.78, 5) is 13.0. The van der Waals surface area contributed by atoms with Crippen molar-refractivity contribution >= 4 is 31.7 Å². The number of nitrogens with zero attached hydrogens (tertiary/aromatic N) is 1. The fourth-order valence-electron chi connectivity index (χ4n) is 1.92. The molecule has 8 heteroatoms. The number of aliphatic hydroxyl groups excluding tert-OH is 1. The number of carbonyl (C=O) groups is 1. The average molecular weight is 436 g/mol. The first kappa shape index (κ1) is 21.9. The van der Waals surface area contributed by atoms with E-state index in [-0.39, 0.29) is 6.54 Å². The van der Waals surface area contributed by atoms with Crippen LogP contribution >= 0.6 is 15.9 Å². The molecule has 0 saturated heterocycles. The molecule has 6 nitrogen and oxygen atoms in total. The predicted octanol–water partition coefficient (Wildman–Crippen LogP) is 2.34. The van der Waals surface area contributed by atoms with Gasteiger partial charge in [0.1, 0.15) is 16.5 Å². The van der Waals surface area contributed by atoms with Gasteiger partial charge in [-0.15, -0.1) is 0 Å². The predicted molar refractivity (Wildman–Crippen MR) is 101 cm³/mol. The van der Waals surface area contributed by atoms with Crippen LogP contribution in [-0.2, 0) is 21.2 Å². The van der Waals surface area contributed by atoms with Crippen LogP contribution < -0.4 is 4.74 Å².